The largest absolute Gasteiger partial charge is 0.342 e. The van der Waals surface area contributed by atoms with Crippen molar-refractivity contribution in [2.24, 2.45) is 5.92 Å². The highest BCUT2D eigenvalue weighted by molar-refractivity contribution is 5.79. The van der Waals surface area contributed by atoms with Gasteiger partial charge in [-0.25, -0.2) is 14.1 Å². The van der Waals surface area contributed by atoms with E-state index in [1.54, 1.807) is 12.1 Å². The van der Waals surface area contributed by atoms with E-state index in [1.165, 1.54) is 16.8 Å². The van der Waals surface area contributed by atoms with Gasteiger partial charge in [-0.05, 0) is 43.4 Å². The monoisotopic (exact) mass is 424 g/mol. The minimum atomic E-state index is -0.327. The van der Waals surface area contributed by atoms with Crippen molar-refractivity contribution in [3.05, 3.63) is 51.8 Å². The molecule has 0 spiro atoms. The molecule has 162 valence electrons. The van der Waals surface area contributed by atoms with Gasteiger partial charge in [0.05, 0.1) is 6.54 Å². The highest BCUT2D eigenvalue weighted by atomic mass is 19.1. The average molecular weight is 424 g/mol. The molecule has 9 heteroatoms. The number of rotatable bonds is 4. The lowest BCUT2D eigenvalue weighted by Gasteiger charge is -2.33. The number of piperidine rings is 1. The van der Waals surface area contributed by atoms with Gasteiger partial charge < -0.3 is 9.88 Å². The number of aromatic amines is 1. The van der Waals surface area contributed by atoms with E-state index in [9.17, 15) is 14.0 Å². The normalized spacial score (nSPS) is 18.2. The molecule has 2 fully saturated rings. The highest BCUT2D eigenvalue weighted by Gasteiger charge is 2.31. The van der Waals surface area contributed by atoms with Crippen LogP contribution in [0.1, 0.15) is 55.8 Å². The number of carbonyl (C=O) groups is 1. The lowest BCUT2D eigenvalue weighted by molar-refractivity contribution is -0.136. The second-order valence-corrected chi connectivity index (χ2v) is 8.58. The van der Waals surface area contributed by atoms with E-state index >= 15 is 0 Å². The third-order valence-corrected chi connectivity index (χ3v) is 6.51. The van der Waals surface area contributed by atoms with Gasteiger partial charge in [0, 0.05) is 24.9 Å². The first kappa shape index (κ1) is 19.8. The maximum atomic E-state index is 13.5. The van der Waals surface area contributed by atoms with Crippen molar-refractivity contribution < 1.29 is 9.18 Å². The summed E-state index contributed by atoms with van der Waals surface area (Å²) in [6.45, 7) is 1.64. The topological polar surface area (TPSA) is 96.8 Å². The van der Waals surface area contributed by atoms with E-state index in [0.717, 1.165) is 38.5 Å². The van der Waals surface area contributed by atoms with Crippen LogP contribution in [0.5, 0.6) is 0 Å². The predicted octanol–water partition coefficient (Wildman–Crippen LogP) is 2.60. The number of nitrogens with one attached hydrogen (secondary N) is 1. The Labute approximate surface area is 178 Å². The predicted molar refractivity (Wildman–Crippen MR) is 112 cm³/mol. The molecule has 0 radical (unpaired) electrons. The number of benzene rings is 1. The van der Waals surface area contributed by atoms with Crippen LogP contribution in [0.2, 0.25) is 0 Å². The fourth-order valence-corrected chi connectivity index (χ4v) is 4.80. The highest BCUT2D eigenvalue weighted by Crippen LogP contribution is 2.30. The van der Waals surface area contributed by atoms with Gasteiger partial charge in [0.1, 0.15) is 11.6 Å². The van der Waals surface area contributed by atoms with Crippen LogP contribution in [-0.2, 0) is 11.3 Å². The summed E-state index contributed by atoms with van der Waals surface area (Å²) in [5.41, 5.74) is 0.964. The Morgan fingerprint density at radius 1 is 1.16 bits per heavy atom. The third kappa shape index (κ3) is 3.96. The van der Waals surface area contributed by atoms with Crippen molar-refractivity contribution in [3.8, 4) is 0 Å². The van der Waals surface area contributed by atoms with E-state index in [1.807, 2.05) is 4.90 Å². The molecular formula is C22H25FN6O2. The number of H-pyrrole nitrogens is 1. The average Bonchev–Trinajstić information content (AvgIpc) is 3.44. The zero-order chi connectivity index (χ0) is 21.4. The summed E-state index contributed by atoms with van der Waals surface area (Å²) >= 11 is 0. The summed E-state index contributed by atoms with van der Waals surface area (Å²) in [7, 11) is 0. The van der Waals surface area contributed by atoms with E-state index in [0.29, 0.717) is 30.1 Å². The first-order valence-electron chi connectivity index (χ1n) is 10.9. The van der Waals surface area contributed by atoms with Crippen molar-refractivity contribution in [2.75, 3.05) is 13.1 Å². The molecule has 1 saturated carbocycles. The molecule has 1 aromatic carbocycles. The summed E-state index contributed by atoms with van der Waals surface area (Å²) in [5.74, 6) is 0.821. The van der Waals surface area contributed by atoms with Crippen LogP contribution in [-0.4, -0.2) is 48.9 Å². The number of nitrogens with zero attached hydrogens (tertiary/aromatic N) is 5. The summed E-state index contributed by atoms with van der Waals surface area (Å²) in [6.07, 6.45) is 5.83. The molecule has 1 N–H and O–H groups in total. The van der Waals surface area contributed by atoms with Crippen molar-refractivity contribution in [3.63, 3.8) is 0 Å². The molecule has 0 bridgehead atoms. The molecule has 3 aromatic rings. The second-order valence-electron chi connectivity index (χ2n) is 8.58. The van der Waals surface area contributed by atoms with Gasteiger partial charge in [-0.1, -0.05) is 30.2 Å². The molecule has 3 heterocycles. The van der Waals surface area contributed by atoms with Gasteiger partial charge in [-0.2, -0.15) is 0 Å². The first-order chi connectivity index (χ1) is 15.1. The van der Waals surface area contributed by atoms with Crippen LogP contribution in [0.25, 0.3) is 11.2 Å². The SMILES string of the molecule is O=C(C1CCCC1)N1CCC(c2nc3c(nnn3Cc3cccc(F)c3)c(=O)[nH]2)CC1. The lowest BCUT2D eigenvalue weighted by atomic mass is 9.94. The third-order valence-electron chi connectivity index (χ3n) is 6.51. The number of aromatic nitrogens is 5. The fourth-order valence-electron chi connectivity index (χ4n) is 4.80. The molecule has 2 aliphatic rings. The van der Waals surface area contributed by atoms with Crippen molar-refractivity contribution >= 4 is 17.1 Å². The lowest BCUT2D eigenvalue weighted by Crippen LogP contribution is -2.41. The number of halogens is 1. The van der Waals surface area contributed by atoms with Gasteiger partial charge in [0.15, 0.2) is 11.2 Å². The van der Waals surface area contributed by atoms with Crippen LogP contribution in [0.4, 0.5) is 4.39 Å². The maximum absolute atomic E-state index is 13.5. The van der Waals surface area contributed by atoms with Crippen LogP contribution < -0.4 is 5.56 Å². The number of amides is 1. The van der Waals surface area contributed by atoms with Gasteiger partial charge in [-0.15, -0.1) is 5.10 Å². The zero-order valence-electron chi connectivity index (χ0n) is 17.3. The Morgan fingerprint density at radius 2 is 1.94 bits per heavy atom. The van der Waals surface area contributed by atoms with Gasteiger partial charge >= 0.3 is 0 Å². The Hall–Kier alpha value is -3.10. The van der Waals surface area contributed by atoms with Gasteiger partial charge in [0.2, 0.25) is 5.91 Å². The first-order valence-corrected chi connectivity index (χ1v) is 10.9. The fraction of sp³-hybridized carbons (Fsp3) is 0.500. The molecule has 31 heavy (non-hydrogen) atoms. The van der Waals surface area contributed by atoms with Crippen LogP contribution in [0.15, 0.2) is 29.1 Å². The molecule has 2 aromatic heterocycles. The summed E-state index contributed by atoms with van der Waals surface area (Å²) < 4.78 is 15.1. The molecule has 8 nitrogen and oxygen atoms in total. The molecule has 5 rings (SSSR count). The van der Waals surface area contributed by atoms with Gasteiger partial charge in [-0.3, -0.25) is 9.59 Å². The Bertz CT molecular complexity index is 1160. The number of carbonyl (C=O) groups excluding carboxylic acids is 1. The molecule has 0 unspecified atom stereocenters. The van der Waals surface area contributed by atoms with Crippen molar-refractivity contribution in [1.29, 1.82) is 0 Å². The van der Waals surface area contributed by atoms with E-state index in [4.69, 9.17) is 0 Å². The molecule has 1 saturated heterocycles. The molecule has 1 aliphatic carbocycles. The van der Waals surface area contributed by atoms with Gasteiger partial charge in [0.25, 0.3) is 5.56 Å². The summed E-state index contributed by atoms with van der Waals surface area (Å²) in [4.78, 5) is 34.8. The molecule has 0 atom stereocenters. The minimum absolute atomic E-state index is 0.0715. The minimum Gasteiger partial charge on any atom is -0.342 e. The van der Waals surface area contributed by atoms with Crippen LogP contribution in [0.3, 0.4) is 0 Å². The Kier molecular flexibility index (Phi) is 5.25. The van der Waals surface area contributed by atoms with Crippen LogP contribution >= 0.6 is 0 Å². The Balaban J connectivity index is 1.34. The summed E-state index contributed by atoms with van der Waals surface area (Å²) in [5, 5.41) is 8.02. The van der Waals surface area contributed by atoms with E-state index in [2.05, 4.69) is 20.3 Å². The number of likely N-dealkylation sites (tertiary alicyclic amines) is 1. The Morgan fingerprint density at radius 3 is 2.68 bits per heavy atom. The maximum Gasteiger partial charge on any atom is 0.281 e. The van der Waals surface area contributed by atoms with Crippen molar-refractivity contribution in [1.82, 2.24) is 29.9 Å². The molecule has 1 amide bonds. The number of hydrogen-bond acceptors (Lipinski definition) is 5. The standard InChI is InChI=1S/C22H25FN6O2/c23-17-7-3-4-14(12-17)13-29-20-18(26-27-29)21(30)25-19(24-20)15-8-10-28(11-9-15)22(31)16-5-1-2-6-16/h3-4,7,12,15-16H,1-2,5-6,8-11,13H2,(H,24,25,30). The molecule has 1 aliphatic heterocycles. The van der Waals surface area contributed by atoms with Crippen molar-refractivity contribution in [2.45, 2.75) is 51.0 Å². The quantitative estimate of drug-likeness (QED) is 0.694. The molecular weight excluding hydrogens is 399 g/mol. The van der Waals surface area contributed by atoms with E-state index in [-0.39, 0.29) is 41.2 Å². The second kappa shape index (κ2) is 8.20. The number of fused-ring (bicyclic) bond motifs is 1. The van der Waals surface area contributed by atoms with E-state index < -0.39 is 0 Å². The van der Waals surface area contributed by atoms with Crippen LogP contribution in [0, 0.1) is 11.7 Å². The smallest absolute Gasteiger partial charge is 0.281 e. The summed E-state index contributed by atoms with van der Waals surface area (Å²) in [6, 6.07) is 6.24. The number of hydrogen-bond donors (Lipinski definition) is 1. The zero-order valence-corrected chi connectivity index (χ0v) is 17.3.